The van der Waals surface area contributed by atoms with Crippen LogP contribution in [0.5, 0.6) is 0 Å². The molecule has 1 N–H and O–H groups in total. The number of rotatable bonds is 6. The van der Waals surface area contributed by atoms with Crippen LogP contribution in [-0.2, 0) is 4.84 Å². The Bertz CT molecular complexity index is 554. The predicted octanol–water partition coefficient (Wildman–Crippen LogP) is 3.81. The van der Waals surface area contributed by atoms with Crippen LogP contribution in [0, 0.1) is 0 Å². The fourth-order valence-corrected chi connectivity index (χ4v) is 2.12. The number of benzene rings is 2. The molecule has 0 saturated carbocycles. The zero-order valence-electron chi connectivity index (χ0n) is 11.2. The van der Waals surface area contributed by atoms with Gasteiger partial charge in [0.05, 0.1) is 13.2 Å². The lowest BCUT2D eigenvalue weighted by atomic mass is 9.98. The predicted molar refractivity (Wildman–Crippen MR) is 79.7 cm³/mol. The average molecular weight is 290 g/mol. The number of Topliss-reactive ketones (excluding diaryl/α,β-unsaturated/α-hetero) is 1. The van der Waals surface area contributed by atoms with E-state index in [1.54, 1.807) is 12.1 Å². The van der Waals surface area contributed by atoms with Crippen molar-refractivity contribution in [2.75, 3.05) is 7.11 Å². The lowest BCUT2D eigenvalue weighted by Crippen LogP contribution is -2.23. The highest BCUT2D eigenvalue weighted by Crippen LogP contribution is 2.21. The van der Waals surface area contributed by atoms with E-state index >= 15 is 0 Å². The van der Waals surface area contributed by atoms with Crippen molar-refractivity contribution in [1.29, 1.82) is 0 Å². The highest BCUT2D eigenvalue weighted by molar-refractivity contribution is 6.30. The number of hydrogen-bond donors (Lipinski definition) is 1. The number of hydroxylamine groups is 1. The molecule has 0 unspecified atom stereocenters. The van der Waals surface area contributed by atoms with E-state index in [0.717, 1.165) is 5.56 Å². The monoisotopic (exact) mass is 289 g/mol. The van der Waals surface area contributed by atoms with Gasteiger partial charge in [0.15, 0.2) is 5.78 Å². The van der Waals surface area contributed by atoms with E-state index in [1.807, 2.05) is 42.5 Å². The summed E-state index contributed by atoms with van der Waals surface area (Å²) >= 11 is 5.88. The van der Waals surface area contributed by atoms with Gasteiger partial charge in [-0.3, -0.25) is 4.79 Å². The molecule has 3 nitrogen and oxygen atoms in total. The Morgan fingerprint density at radius 2 is 1.80 bits per heavy atom. The Labute approximate surface area is 123 Å². The first kappa shape index (κ1) is 14.7. The van der Waals surface area contributed by atoms with Crippen LogP contribution in [0.15, 0.2) is 54.6 Å². The van der Waals surface area contributed by atoms with Crippen molar-refractivity contribution >= 4 is 17.4 Å². The van der Waals surface area contributed by atoms with Crippen LogP contribution < -0.4 is 5.48 Å². The lowest BCUT2D eigenvalue weighted by Gasteiger charge is -2.17. The minimum atomic E-state index is -0.204. The summed E-state index contributed by atoms with van der Waals surface area (Å²) in [5, 5.41) is 0.666. The molecular formula is C16H16ClNO2. The van der Waals surface area contributed by atoms with Gasteiger partial charge in [0.25, 0.3) is 0 Å². The number of ketones is 1. The molecule has 2 aromatic carbocycles. The standard InChI is InChI=1S/C16H16ClNO2/c1-20-18-15(12-7-9-14(17)10-8-12)11-16(19)13-5-3-2-4-6-13/h2-10,15,18H,11H2,1H3/t15-/m0/s1. The zero-order valence-corrected chi connectivity index (χ0v) is 11.9. The summed E-state index contributed by atoms with van der Waals surface area (Å²) in [4.78, 5) is 17.2. The number of halogens is 1. The van der Waals surface area contributed by atoms with E-state index in [2.05, 4.69) is 5.48 Å². The van der Waals surface area contributed by atoms with Crippen LogP contribution in [0.4, 0.5) is 0 Å². The van der Waals surface area contributed by atoms with E-state index in [9.17, 15) is 4.79 Å². The van der Waals surface area contributed by atoms with Crippen LogP contribution in [0.3, 0.4) is 0 Å². The third kappa shape index (κ3) is 3.90. The lowest BCUT2D eigenvalue weighted by molar-refractivity contribution is 0.0545. The molecule has 0 aliphatic heterocycles. The summed E-state index contributed by atoms with van der Waals surface area (Å²) < 4.78 is 0. The molecule has 0 spiro atoms. The first-order valence-corrected chi connectivity index (χ1v) is 6.70. The first-order chi connectivity index (χ1) is 9.70. The van der Waals surface area contributed by atoms with Crippen LogP contribution in [0.1, 0.15) is 28.4 Å². The van der Waals surface area contributed by atoms with Gasteiger partial charge in [0, 0.05) is 17.0 Å². The van der Waals surface area contributed by atoms with Crippen molar-refractivity contribution in [3.63, 3.8) is 0 Å². The molecule has 20 heavy (non-hydrogen) atoms. The van der Waals surface area contributed by atoms with Crippen molar-refractivity contribution < 1.29 is 9.63 Å². The molecule has 2 aromatic rings. The SMILES string of the molecule is CON[C@@H](CC(=O)c1ccccc1)c1ccc(Cl)cc1. The van der Waals surface area contributed by atoms with E-state index in [-0.39, 0.29) is 11.8 Å². The van der Waals surface area contributed by atoms with Gasteiger partial charge in [-0.25, -0.2) is 0 Å². The fourth-order valence-electron chi connectivity index (χ4n) is 1.99. The maximum absolute atomic E-state index is 12.2. The van der Waals surface area contributed by atoms with Crippen LogP contribution >= 0.6 is 11.6 Å². The zero-order chi connectivity index (χ0) is 14.4. The topological polar surface area (TPSA) is 38.3 Å². The minimum absolute atomic E-state index is 0.0649. The molecule has 0 radical (unpaired) electrons. The van der Waals surface area contributed by atoms with Crippen LogP contribution in [-0.4, -0.2) is 12.9 Å². The molecule has 0 aliphatic carbocycles. The van der Waals surface area contributed by atoms with Gasteiger partial charge in [-0.1, -0.05) is 54.1 Å². The second-order valence-corrected chi connectivity index (χ2v) is 4.86. The van der Waals surface area contributed by atoms with Gasteiger partial charge >= 0.3 is 0 Å². The molecule has 0 fully saturated rings. The average Bonchev–Trinajstić information content (AvgIpc) is 2.48. The summed E-state index contributed by atoms with van der Waals surface area (Å²) in [6.07, 6.45) is 0.319. The van der Waals surface area contributed by atoms with E-state index in [4.69, 9.17) is 16.4 Å². The van der Waals surface area contributed by atoms with Crippen molar-refractivity contribution in [2.45, 2.75) is 12.5 Å². The third-order valence-corrected chi connectivity index (χ3v) is 3.27. The Hall–Kier alpha value is -1.68. The number of carbonyl (C=O) groups is 1. The summed E-state index contributed by atoms with van der Waals surface area (Å²) in [5.41, 5.74) is 4.51. The molecule has 2 rings (SSSR count). The molecule has 0 bridgehead atoms. The van der Waals surface area contributed by atoms with E-state index in [1.165, 1.54) is 7.11 Å². The summed E-state index contributed by atoms with van der Waals surface area (Å²) in [6.45, 7) is 0. The second-order valence-electron chi connectivity index (χ2n) is 4.42. The Morgan fingerprint density at radius 1 is 1.15 bits per heavy atom. The normalized spacial score (nSPS) is 12.1. The summed E-state index contributed by atoms with van der Waals surface area (Å²) in [5.74, 6) is 0.0649. The van der Waals surface area contributed by atoms with Gasteiger partial charge < -0.3 is 4.84 Å². The number of nitrogens with one attached hydrogen (secondary N) is 1. The van der Waals surface area contributed by atoms with E-state index in [0.29, 0.717) is 17.0 Å². The molecule has 0 aromatic heterocycles. The van der Waals surface area contributed by atoms with Crippen molar-refractivity contribution in [2.24, 2.45) is 0 Å². The highest BCUT2D eigenvalue weighted by Gasteiger charge is 2.16. The maximum atomic E-state index is 12.2. The highest BCUT2D eigenvalue weighted by atomic mass is 35.5. The Morgan fingerprint density at radius 3 is 2.40 bits per heavy atom. The molecule has 4 heteroatoms. The minimum Gasteiger partial charge on any atom is -0.305 e. The van der Waals surface area contributed by atoms with Gasteiger partial charge in [-0.15, -0.1) is 0 Å². The van der Waals surface area contributed by atoms with Crippen LogP contribution in [0.25, 0.3) is 0 Å². The van der Waals surface area contributed by atoms with Crippen molar-refractivity contribution in [3.8, 4) is 0 Å². The van der Waals surface area contributed by atoms with Gasteiger partial charge in [-0.05, 0) is 17.7 Å². The van der Waals surface area contributed by atoms with Crippen LogP contribution in [0.2, 0.25) is 5.02 Å². The summed E-state index contributed by atoms with van der Waals surface area (Å²) in [7, 11) is 1.54. The van der Waals surface area contributed by atoms with Crippen molar-refractivity contribution in [1.82, 2.24) is 5.48 Å². The van der Waals surface area contributed by atoms with E-state index < -0.39 is 0 Å². The first-order valence-electron chi connectivity index (χ1n) is 6.33. The smallest absolute Gasteiger partial charge is 0.164 e. The van der Waals surface area contributed by atoms with Crippen molar-refractivity contribution in [3.05, 3.63) is 70.7 Å². The van der Waals surface area contributed by atoms with Gasteiger partial charge in [-0.2, -0.15) is 5.48 Å². The number of carbonyl (C=O) groups excluding carboxylic acids is 1. The Balaban J connectivity index is 2.13. The largest absolute Gasteiger partial charge is 0.305 e. The third-order valence-electron chi connectivity index (χ3n) is 3.02. The molecule has 1 atom stereocenters. The number of hydrogen-bond acceptors (Lipinski definition) is 3. The molecule has 0 amide bonds. The molecule has 0 heterocycles. The molecular weight excluding hydrogens is 274 g/mol. The maximum Gasteiger partial charge on any atom is 0.164 e. The second kappa shape index (κ2) is 7.20. The summed E-state index contributed by atoms with van der Waals surface area (Å²) in [6, 6.07) is 16.4. The molecule has 0 aliphatic rings. The quantitative estimate of drug-likeness (QED) is 0.649. The Kier molecular flexibility index (Phi) is 5.30. The van der Waals surface area contributed by atoms with Gasteiger partial charge in [0.2, 0.25) is 0 Å². The molecule has 104 valence electrons. The molecule has 0 saturated heterocycles. The fraction of sp³-hybridized carbons (Fsp3) is 0.188. The van der Waals surface area contributed by atoms with Gasteiger partial charge in [0.1, 0.15) is 0 Å².